The van der Waals surface area contributed by atoms with Crippen molar-refractivity contribution >= 4 is 14.1 Å². The first-order chi connectivity index (χ1) is 10.5. The average Bonchev–Trinajstić information content (AvgIpc) is 2.45. The minimum absolute atomic E-state index is 0.582. The van der Waals surface area contributed by atoms with Crippen LogP contribution in [-0.2, 0) is 6.42 Å². The van der Waals surface area contributed by atoms with Crippen LogP contribution in [0.5, 0.6) is 11.5 Å². The van der Waals surface area contributed by atoms with E-state index in [-0.39, 0.29) is 0 Å². The van der Waals surface area contributed by atoms with Gasteiger partial charge in [0.2, 0.25) is 0 Å². The van der Waals surface area contributed by atoms with Crippen LogP contribution in [0.3, 0.4) is 0 Å². The van der Waals surface area contributed by atoms with Gasteiger partial charge in [0.1, 0.15) is 0 Å². The monoisotopic (exact) mass is 320 g/mol. The lowest BCUT2D eigenvalue weighted by Crippen LogP contribution is -2.17. The van der Waals surface area contributed by atoms with E-state index < -0.39 is 14.1 Å². The van der Waals surface area contributed by atoms with E-state index in [9.17, 15) is 0 Å². The Morgan fingerprint density at radius 3 is 2.00 bits per heavy atom. The molecular formula is C19H33AlO2. The summed E-state index contributed by atoms with van der Waals surface area (Å²) in [5.41, 5.74) is 1.36. The molecule has 0 saturated heterocycles. The van der Waals surface area contributed by atoms with E-state index in [0.29, 0.717) is 0 Å². The zero-order valence-corrected chi connectivity index (χ0v) is 16.5. The molecule has 0 aromatic heterocycles. The topological polar surface area (TPSA) is 18.5 Å². The van der Waals surface area contributed by atoms with E-state index in [1.807, 2.05) is 6.07 Å². The summed E-state index contributed by atoms with van der Waals surface area (Å²) in [5.74, 6) is 3.38. The second-order valence-corrected chi connectivity index (χ2v) is 10.5. The highest BCUT2D eigenvalue weighted by molar-refractivity contribution is 6.58. The number of ether oxygens (including phenoxy) is 2. The fraction of sp³-hybridized carbons (Fsp3) is 0.684. The van der Waals surface area contributed by atoms with E-state index in [1.54, 1.807) is 14.2 Å². The zero-order chi connectivity index (χ0) is 16.5. The summed E-state index contributed by atoms with van der Waals surface area (Å²) in [6.45, 7) is 9.48. The summed E-state index contributed by atoms with van der Waals surface area (Å²) in [6, 6.07) is 6.31. The smallest absolute Gasteiger partial charge is 0.262 e. The molecule has 0 unspecified atom stereocenters. The van der Waals surface area contributed by atoms with Crippen LogP contribution < -0.4 is 9.47 Å². The third-order valence-electron chi connectivity index (χ3n) is 4.14. The SMILES string of the molecule is COc1ccc(CC[CH2][Al]([CH2]C(C)C)[CH2]C(C)C)cc1OC. The maximum atomic E-state index is 5.39. The van der Waals surface area contributed by atoms with Crippen LogP contribution in [0.4, 0.5) is 0 Å². The zero-order valence-electron chi connectivity index (χ0n) is 15.3. The summed E-state index contributed by atoms with van der Waals surface area (Å²) in [5, 5.41) is 4.44. The fourth-order valence-electron chi connectivity index (χ4n) is 3.30. The Bertz CT molecular complexity index is 419. The first-order valence-electron chi connectivity index (χ1n) is 8.67. The Hall–Kier alpha value is -0.648. The van der Waals surface area contributed by atoms with Crippen LogP contribution in [0.1, 0.15) is 39.7 Å². The summed E-state index contributed by atoms with van der Waals surface area (Å²) >= 11 is -0.582. The van der Waals surface area contributed by atoms with Crippen LogP contribution >= 0.6 is 0 Å². The van der Waals surface area contributed by atoms with E-state index in [0.717, 1.165) is 29.8 Å². The van der Waals surface area contributed by atoms with Gasteiger partial charge in [0.25, 0.3) is 14.1 Å². The molecule has 0 aliphatic heterocycles. The Morgan fingerprint density at radius 2 is 1.50 bits per heavy atom. The van der Waals surface area contributed by atoms with Gasteiger partial charge in [0.15, 0.2) is 11.5 Å². The number of aryl methyl sites for hydroxylation is 1. The minimum atomic E-state index is -0.582. The molecule has 0 radical (unpaired) electrons. The Kier molecular flexibility index (Phi) is 8.98. The molecule has 0 aliphatic carbocycles. The van der Waals surface area contributed by atoms with Crippen LogP contribution in [0.25, 0.3) is 0 Å². The van der Waals surface area contributed by atoms with E-state index in [4.69, 9.17) is 9.47 Å². The predicted molar refractivity (Wildman–Crippen MR) is 97.7 cm³/mol. The molecule has 22 heavy (non-hydrogen) atoms. The van der Waals surface area contributed by atoms with Gasteiger partial charge in [-0.3, -0.25) is 0 Å². The van der Waals surface area contributed by atoms with Crippen LogP contribution in [0.15, 0.2) is 18.2 Å². The Morgan fingerprint density at radius 1 is 0.909 bits per heavy atom. The normalized spacial score (nSPS) is 11.1. The van der Waals surface area contributed by atoms with Gasteiger partial charge < -0.3 is 9.47 Å². The number of hydrogen-bond acceptors (Lipinski definition) is 2. The van der Waals surface area contributed by atoms with Crippen LogP contribution in [-0.4, -0.2) is 28.4 Å². The van der Waals surface area contributed by atoms with Crippen molar-refractivity contribution in [3.05, 3.63) is 23.8 Å². The quantitative estimate of drug-likeness (QED) is 0.534. The highest BCUT2D eigenvalue weighted by Crippen LogP contribution is 2.28. The van der Waals surface area contributed by atoms with Crippen LogP contribution in [0.2, 0.25) is 15.8 Å². The fourth-order valence-corrected chi connectivity index (χ4v) is 7.41. The van der Waals surface area contributed by atoms with Crippen LogP contribution in [0, 0.1) is 11.8 Å². The standard InChI is InChI=1S/C11H15O2.2C4H9.Al/c1-4-5-9-6-7-10(12-2)11(8-9)13-3;2*1-4(2)3;/h6-8H,1,4-5H2,2-3H3;2*4H,1H2,2-3H3;. The van der Waals surface area contributed by atoms with Crippen molar-refractivity contribution in [2.24, 2.45) is 11.8 Å². The molecule has 1 aromatic rings. The van der Waals surface area contributed by atoms with Crippen molar-refractivity contribution in [3.63, 3.8) is 0 Å². The van der Waals surface area contributed by atoms with Crippen molar-refractivity contribution in [3.8, 4) is 11.5 Å². The molecule has 0 bridgehead atoms. The van der Waals surface area contributed by atoms with Gasteiger partial charge in [0, 0.05) is 0 Å². The number of rotatable bonds is 10. The van der Waals surface area contributed by atoms with Crippen molar-refractivity contribution in [2.75, 3.05) is 14.2 Å². The minimum Gasteiger partial charge on any atom is -0.493 e. The second-order valence-electron chi connectivity index (χ2n) is 7.21. The summed E-state index contributed by atoms with van der Waals surface area (Å²) in [7, 11) is 3.39. The predicted octanol–water partition coefficient (Wildman–Crippen LogP) is 5.44. The third-order valence-corrected chi connectivity index (χ3v) is 8.58. The highest BCUT2D eigenvalue weighted by atomic mass is 27.2. The Balaban J connectivity index is 2.53. The molecule has 0 heterocycles. The van der Waals surface area contributed by atoms with Gasteiger partial charge in [-0.25, -0.2) is 0 Å². The van der Waals surface area contributed by atoms with E-state index in [2.05, 4.69) is 39.8 Å². The molecule has 0 fully saturated rings. The van der Waals surface area contributed by atoms with Crippen molar-refractivity contribution in [2.45, 2.75) is 56.4 Å². The molecule has 0 aliphatic rings. The van der Waals surface area contributed by atoms with Gasteiger partial charge >= 0.3 is 0 Å². The van der Waals surface area contributed by atoms with Crippen molar-refractivity contribution in [1.82, 2.24) is 0 Å². The maximum Gasteiger partial charge on any atom is 0.262 e. The van der Waals surface area contributed by atoms with Crippen molar-refractivity contribution < 1.29 is 9.47 Å². The maximum absolute atomic E-state index is 5.39. The molecule has 1 rings (SSSR count). The first kappa shape index (κ1) is 19.4. The van der Waals surface area contributed by atoms with E-state index in [1.165, 1.54) is 27.8 Å². The summed E-state index contributed by atoms with van der Waals surface area (Å²) < 4.78 is 10.7. The molecule has 0 amide bonds. The van der Waals surface area contributed by atoms with Gasteiger partial charge in [0.05, 0.1) is 14.2 Å². The molecule has 124 valence electrons. The molecular weight excluding hydrogens is 287 g/mol. The van der Waals surface area contributed by atoms with Gasteiger partial charge in [-0.15, -0.1) is 0 Å². The third kappa shape index (κ3) is 7.08. The molecule has 0 spiro atoms. The van der Waals surface area contributed by atoms with Crippen molar-refractivity contribution in [1.29, 1.82) is 0 Å². The molecule has 0 atom stereocenters. The molecule has 3 heteroatoms. The largest absolute Gasteiger partial charge is 0.493 e. The number of methoxy groups -OCH3 is 2. The molecule has 1 aromatic carbocycles. The van der Waals surface area contributed by atoms with Gasteiger partial charge in [-0.2, -0.15) is 0 Å². The summed E-state index contributed by atoms with van der Waals surface area (Å²) in [6.07, 6.45) is 2.46. The van der Waals surface area contributed by atoms with E-state index >= 15 is 0 Å². The lowest BCUT2D eigenvalue weighted by Gasteiger charge is -2.16. The van der Waals surface area contributed by atoms with Gasteiger partial charge in [-0.1, -0.05) is 67.9 Å². The number of hydrogen-bond donors (Lipinski definition) is 0. The first-order valence-corrected chi connectivity index (χ1v) is 11.1. The number of benzene rings is 1. The summed E-state index contributed by atoms with van der Waals surface area (Å²) in [4.78, 5) is 0. The lowest BCUT2D eigenvalue weighted by atomic mass is 10.1. The van der Waals surface area contributed by atoms with Gasteiger partial charge in [-0.05, 0) is 24.1 Å². The molecule has 2 nitrogen and oxygen atoms in total. The highest BCUT2D eigenvalue weighted by Gasteiger charge is 2.19. The lowest BCUT2D eigenvalue weighted by molar-refractivity contribution is 0.354. The second kappa shape index (κ2) is 10.2. The molecule has 0 saturated carbocycles. The average molecular weight is 320 g/mol. The molecule has 0 N–H and O–H groups in total. The Labute approximate surface area is 141 Å².